The van der Waals surface area contributed by atoms with Crippen molar-refractivity contribution in [1.82, 2.24) is 0 Å². The van der Waals surface area contributed by atoms with Gasteiger partial charge in [-0.1, -0.05) is 48.0 Å². The summed E-state index contributed by atoms with van der Waals surface area (Å²) in [5, 5.41) is 9.53. The molecule has 0 saturated carbocycles. The molecule has 0 aliphatic rings. The number of hydrogen-bond acceptors (Lipinski definition) is 1. The second kappa shape index (κ2) is 6.39. The van der Waals surface area contributed by atoms with Gasteiger partial charge in [-0.2, -0.15) is 5.26 Å². The van der Waals surface area contributed by atoms with Crippen LogP contribution in [0.4, 0.5) is 0 Å². The van der Waals surface area contributed by atoms with E-state index in [0.717, 1.165) is 12.8 Å². The highest BCUT2D eigenvalue weighted by molar-refractivity contribution is 5.42. The molecule has 0 bridgehead atoms. The van der Waals surface area contributed by atoms with Crippen LogP contribution >= 0.6 is 0 Å². The van der Waals surface area contributed by atoms with Crippen molar-refractivity contribution in [3.63, 3.8) is 0 Å². The molecule has 0 spiro atoms. The van der Waals surface area contributed by atoms with Crippen LogP contribution in [0.25, 0.3) is 0 Å². The Labute approximate surface area is 121 Å². The molecule has 0 saturated heterocycles. The Morgan fingerprint density at radius 2 is 1.60 bits per heavy atom. The Morgan fingerprint density at radius 1 is 1.00 bits per heavy atom. The summed E-state index contributed by atoms with van der Waals surface area (Å²) in [7, 11) is 0. The molecule has 0 amide bonds. The lowest BCUT2D eigenvalue weighted by Crippen LogP contribution is -2.04. The zero-order valence-corrected chi connectivity index (χ0v) is 12.5. The van der Waals surface area contributed by atoms with Crippen LogP contribution in [-0.2, 0) is 6.42 Å². The first-order valence-corrected chi connectivity index (χ1v) is 7.13. The Kier molecular flexibility index (Phi) is 4.58. The van der Waals surface area contributed by atoms with Crippen molar-refractivity contribution >= 4 is 0 Å². The molecule has 0 heterocycles. The van der Waals surface area contributed by atoms with E-state index in [1.807, 2.05) is 6.07 Å². The third-order valence-electron chi connectivity index (χ3n) is 3.81. The van der Waals surface area contributed by atoms with Crippen molar-refractivity contribution < 1.29 is 0 Å². The van der Waals surface area contributed by atoms with Crippen LogP contribution in [0.15, 0.2) is 42.5 Å². The molecule has 1 atom stereocenters. The molecule has 0 aliphatic heterocycles. The van der Waals surface area contributed by atoms with Crippen LogP contribution in [-0.4, -0.2) is 0 Å². The molecular formula is C19H21N. The first kappa shape index (κ1) is 14.3. The fraction of sp³-hybridized carbons (Fsp3) is 0.316. The van der Waals surface area contributed by atoms with Gasteiger partial charge in [0.2, 0.25) is 0 Å². The Hall–Kier alpha value is -2.07. The minimum absolute atomic E-state index is 0.0178. The van der Waals surface area contributed by atoms with E-state index in [-0.39, 0.29) is 5.92 Å². The lowest BCUT2D eigenvalue weighted by molar-refractivity contribution is 0.737. The SMILES string of the molecule is Cc1cc(C)c(C(C#N)CCc2ccccc2)c(C)c1. The maximum atomic E-state index is 9.53. The third-order valence-corrected chi connectivity index (χ3v) is 3.81. The van der Waals surface area contributed by atoms with Gasteiger partial charge >= 0.3 is 0 Å². The van der Waals surface area contributed by atoms with Crippen LogP contribution in [0.2, 0.25) is 0 Å². The molecule has 0 N–H and O–H groups in total. The van der Waals surface area contributed by atoms with Crippen LogP contribution in [0.3, 0.4) is 0 Å². The van der Waals surface area contributed by atoms with Gasteiger partial charge in [-0.15, -0.1) is 0 Å². The van der Waals surface area contributed by atoms with Crippen molar-refractivity contribution in [2.45, 2.75) is 39.5 Å². The van der Waals surface area contributed by atoms with E-state index in [2.05, 4.69) is 63.2 Å². The summed E-state index contributed by atoms with van der Waals surface area (Å²) in [5.74, 6) is -0.0178. The van der Waals surface area contributed by atoms with Crippen LogP contribution < -0.4 is 0 Å². The maximum Gasteiger partial charge on any atom is 0.0721 e. The molecule has 0 aromatic heterocycles. The summed E-state index contributed by atoms with van der Waals surface area (Å²) in [6.07, 6.45) is 1.83. The predicted molar refractivity (Wildman–Crippen MR) is 83.8 cm³/mol. The smallest absolute Gasteiger partial charge is 0.0721 e. The lowest BCUT2D eigenvalue weighted by Gasteiger charge is -2.16. The average Bonchev–Trinajstić information content (AvgIpc) is 2.42. The quantitative estimate of drug-likeness (QED) is 0.773. The van der Waals surface area contributed by atoms with E-state index >= 15 is 0 Å². The zero-order chi connectivity index (χ0) is 14.5. The molecule has 2 aromatic carbocycles. The molecule has 20 heavy (non-hydrogen) atoms. The van der Waals surface area contributed by atoms with Crippen LogP contribution in [0.1, 0.15) is 40.2 Å². The predicted octanol–water partition coefficient (Wildman–Crippen LogP) is 4.85. The molecule has 1 heteroatoms. The van der Waals surface area contributed by atoms with Gasteiger partial charge in [0.15, 0.2) is 0 Å². The highest BCUT2D eigenvalue weighted by Gasteiger charge is 2.16. The summed E-state index contributed by atoms with van der Waals surface area (Å²) in [6, 6.07) is 17.2. The number of hydrogen-bond donors (Lipinski definition) is 0. The first-order chi connectivity index (χ1) is 9.61. The highest BCUT2D eigenvalue weighted by atomic mass is 14.3. The fourth-order valence-electron chi connectivity index (χ4n) is 2.97. The zero-order valence-electron chi connectivity index (χ0n) is 12.5. The van der Waals surface area contributed by atoms with Gasteiger partial charge in [0.25, 0.3) is 0 Å². The van der Waals surface area contributed by atoms with Crippen molar-refractivity contribution in [2.75, 3.05) is 0 Å². The largest absolute Gasteiger partial charge is 0.198 e. The number of rotatable bonds is 4. The summed E-state index contributed by atoms with van der Waals surface area (Å²) in [5.41, 5.74) is 6.26. The van der Waals surface area contributed by atoms with Gasteiger partial charge in [0, 0.05) is 0 Å². The number of benzene rings is 2. The van der Waals surface area contributed by atoms with Crippen LogP contribution in [0, 0.1) is 32.1 Å². The minimum atomic E-state index is -0.0178. The van der Waals surface area contributed by atoms with Gasteiger partial charge in [0.1, 0.15) is 0 Å². The van der Waals surface area contributed by atoms with E-state index in [1.165, 1.54) is 27.8 Å². The van der Waals surface area contributed by atoms with Crippen molar-refractivity contribution in [2.24, 2.45) is 0 Å². The molecule has 1 nitrogen and oxygen atoms in total. The molecular weight excluding hydrogens is 242 g/mol. The molecule has 2 aromatic rings. The molecule has 1 unspecified atom stereocenters. The van der Waals surface area contributed by atoms with Crippen molar-refractivity contribution in [1.29, 1.82) is 5.26 Å². The van der Waals surface area contributed by atoms with E-state index in [4.69, 9.17) is 0 Å². The van der Waals surface area contributed by atoms with Crippen molar-refractivity contribution in [3.8, 4) is 6.07 Å². The van der Waals surface area contributed by atoms with Gasteiger partial charge in [-0.05, 0) is 55.9 Å². The number of aryl methyl sites for hydroxylation is 4. The lowest BCUT2D eigenvalue weighted by atomic mass is 9.86. The summed E-state index contributed by atoms with van der Waals surface area (Å²) in [4.78, 5) is 0. The average molecular weight is 263 g/mol. The van der Waals surface area contributed by atoms with E-state index < -0.39 is 0 Å². The molecule has 102 valence electrons. The van der Waals surface area contributed by atoms with Gasteiger partial charge in [-0.25, -0.2) is 0 Å². The Balaban J connectivity index is 2.19. The van der Waals surface area contributed by atoms with E-state index in [9.17, 15) is 5.26 Å². The van der Waals surface area contributed by atoms with E-state index in [1.54, 1.807) is 0 Å². The fourth-order valence-corrected chi connectivity index (χ4v) is 2.97. The second-order valence-electron chi connectivity index (χ2n) is 5.52. The number of nitriles is 1. The molecule has 0 radical (unpaired) electrons. The first-order valence-electron chi connectivity index (χ1n) is 7.13. The van der Waals surface area contributed by atoms with Crippen molar-refractivity contribution in [3.05, 3.63) is 70.3 Å². The number of nitrogens with zero attached hydrogens (tertiary/aromatic N) is 1. The molecule has 0 aliphatic carbocycles. The summed E-state index contributed by atoms with van der Waals surface area (Å²) >= 11 is 0. The highest BCUT2D eigenvalue weighted by Crippen LogP contribution is 2.28. The van der Waals surface area contributed by atoms with Gasteiger partial charge in [0.05, 0.1) is 12.0 Å². The normalized spacial score (nSPS) is 11.9. The third kappa shape index (κ3) is 3.27. The Bertz CT molecular complexity index is 597. The summed E-state index contributed by atoms with van der Waals surface area (Å²) < 4.78 is 0. The molecule has 2 rings (SSSR count). The summed E-state index contributed by atoms with van der Waals surface area (Å²) in [6.45, 7) is 6.33. The van der Waals surface area contributed by atoms with Gasteiger partial charge < -0.3 is 0 Å². The Morgan fingerprint density at radius 3 is 2.15 bits per heavy atom. The second-order valence-corrected chi connectivity index (χ2v) is 5.52. The minimum Gasteiger partial charge on any atom is -0.198 e. The van der Waals surface area contributed by atoms with Crippen LogP contribution in [0.5, 0.6) is 0 Å². The topological polar surface area (TPSA) is 23.8 Å². The standard InChI is InChI=1S/C19H21N/c1-14-11-15(2)19(16(3)12-14)18(13-20)10-9-17-7-5-4-6-8-17/h4-8,11-12,18H,9-10H2,1-3H3. The molecule has 0 fully saturated rings. The monoisotopic (exact) mass is 263 g/mol. The van der Waals surface area contributed by atoms with E-state index in [0.29, 0.717) is 0 Å². The van der Waals surface area contributed by atoms with Gasteiger partial charge in [-0.3, -0.25) is 0 Å². The maximum absolute atomic E-state index is 9.53.